The van der Waals surface area contributed by atoms with Gasteiger partial charge in [-0.1, -0.05) is 19.1 Å². The Morgan fingerprint density at radius 3 is 2.72 bits per heavy atom. The van der Waals surface area contributed by atoms with E-state index >= 15 is 0 Å². The van der Waals surface area contributed by atoms with E-state index in [0.29, 0.717) is 5.75 Å². The summed E-state index contributed by atoms with van der Waals surface area (Å²) in [6, 6.07) is 9.37. The Balaban J connectivity index is 1.60. The first kappa shape index (κ1) is 17.5. The van der Waals surface area contributed by atoms with Gasteiger partial charge in [0.05, 0.1) is 12.5 Å². The van der Waals surface area contributed by atoms with Crippen LogP contribution in [0.15, 0.2) is 35.7 Å². The van der Waals surface area contributed by atoms with Crippen molar-refractivity contribution in [1.82, 2.24) is 4.90 Å². The molecule has 0 saturated carbocycles. The number of amides is 2. The standard InChI is InChI=1S/C19H22N2O3S/c1-2-16-15-8-10-25-17(15)7-9-21(16)19(23)12-24-14-5-3-13(4-6-14)11-18(20)22/h3-6,8,10,16H,2,7,9,11-12H2,1H3,(H2,20,22). The van der Waals surface area contributed by atoms with E-state index in [9.17, 15) is 9.59 Å². The molecule has 25 heavy (non-hydrogen) atoms. The first-order valence-electron chi connectivity index (χ1n) is 8.44. The van der Waals surface area contributed by atoms with E-state index in [2.05, 4.69) is 18.4 Å². The van der Waals surface area contributed by atoms with E-state index in [1.54, 1.807) is 35.6 Å². The third-order valence-electron chi connectivity index (χ3n) is 4.47. The highest BCUT2D eigenvalue weighted by Crippen LogP contribution is 2.35. The van der Waals surface area contributed by atoms with Gasteiger partial charge >= 0.3 is 0 Å². The topological polar surface area (TPSA) is 72.6 Å². The molecule has 5 nitrogen and oxygen atoms in total. The highest BCUT2D eigenvalue weighted by molar-refractivity contribution is 7.10. The molecule has 1 aromatic carbocycles. The number of carbonyl (C=O) groups is 2. The zero-order valence-corrected chi connectivity index (χ0v) is 15.1. The number of hydrogen-bond acceptors (Lipinski definition) is 4. The van der Waals surface area contributed by atoms with Gasteiger partial charge in [0.25, 0.3) is 5.91 Å². The summed E-state index contributed by atoms with van der Waals surface area (Å²) in [7, 11) is 0. The lowest BCUT2D eigenvalue weighted by Crippen LogP contribution is -2.41. The van der Waals surface area contributed by atoms with E-state index in [0.717, 1.165) is 24.9 Å². The van der Waals surface area contributed by atoms with Gasteiger partial charge in [0.15, 0.2) is 6.61 Å². The number of carbonyl (C=O) groups excluding carboxylic acids is 2. The van der Waals surface area contributed by atoms with Gasteiger partial charge in [0.2, 0.25) is 5.91 Å². The highest BCUT2D eigenvalue weighted by Gasteiger charge is 2.30. The van der Waals surface area contributed by atoms with Crippen LogP contribution in [0.5, 0.6) is 5.75 Å². The van der Waals surface area contributed by atoms with Crippen molar-refractivity contribution in [2.45, 2.75) is 32.2 Å². The lowest BCUT2D eigenvalue weighted by atomic mass is 9.98. The summed E-state index contributed by atoms with van der Waals surface area (Å²) in [4.78, 5) is 26.9. The van der Waals surface area contributed by atoms with Crippen LogP contribution in [0.2, 0.25) is 0 Å². The van der Waals surface area contributed by atoms with Gasteiger partial charge in [0, 0.05) is 11.4 Å². The highest BCUT2D eigenvalue weighted by atomic mass is 32.1. The molecule has 0 bridgehead atoms. The molecule has 1 aliphatic heterocycles. The molecule has 1 aromatic heterocycles. The van der Waals surface area contributed by atoms with Crippen molar-refractivity contribution < 1.29 is 14.3 Å². The van der Waals surface area contributed by atoms with Gasteiger partial charge in [-0.3, -0.25) is 9.59 Å². The van der Waals surface area contributed by atoms with Gasteiger partial charge in [0.1, 0.15) is 5.75 Å². The monoisotopic (exact) mass is 358 g/mol. The molecule has 6 heteroatoms. The van der Waals surface area contributed by atoms with Gasteiger partial charge in [-0.25, -0.2) is 0 Å². The van der Waals surface area contributed by atoms with Crippen LogP contribution in [0.1, 0.15) is 35.4 Å². The predicted octanol–water partition coefficient (Wildman–Crippen LogP) is 2.69. The van der Waals surface area contributed by atoms with E-state index < -0.39 is 0 Å². The Morgan fingerprint density at radius 1 is 1.28 bits per heavy atom. The molecular formula is C19H22N2O3S. The predicted molar refractivity (Wildman–Crippen MR) is 97.6 cm³/mol. The second kappa shape index (κ2) is 7.70. The number of nitrogens with two attached hydrogens (primary N) is 1. The molecule has 0 saturated heterocycles. The minimum atomic E-state index is -0.368. The maximum absolute atomic E-state index is 12.6. The number of primary amides is 1. The van der Waals surface area contributed by atoms with Gasteiger partial charge in [-0.15, -0.1) is 11.3 Å². The fourth-order valence-electron chi connectivity index (χ4n) is 3.27. The Bertz CT molecular complexity index is 754. The summed E-state index contributed by atoms with van der Waals surface area (Å²) in [5, 5.41) is 2.10. The number of benzene rings is 1. The Morgan fingerprint density at radius 2 is 2.04 bits per heavy atom. The molecule has 1 unspecified atom stereocenters. The van der Waals surface area contributed by atoms with E-state index in [1.165, 1.54) is 10.4 Å². The molecule has 132 valence electrons. The van der Waals surface area contributed by atoms with E-state index in [1.807, 2.05) is 4.90 Å². The van der Waals surface area contributed by atoms with Gasteiger partial charge in [-0.2, -0.15) is 0 Å². The van der Waals surface area contributed by atoms with Crippen LogP contribution in [0.3, 0.4) is 0 Å². The summed E-state index contributed by atoms with van der Waals surface area (Å²) in [6.07, 6.45) is 2.02. The third-order valence-corrected chi connectivity index (χ3v) is 5.46. The molecule has 2 N–H and O–H groups in total. The summed E-state index contributed by atoms with van der Waals surface area (Å²) < 4.78 is 5.64. The van der Waals surface area contributed by atoms with Gasteiger partial charge in [-0.05, 0) is 47.5 Å². The maximum atomic E-state index is 12.6. The van der Waals surface area contributed by atoms with Gasteiger partial charge < -0.3 is 15.4 Å². The summed E-state index contributed by atoms with van der Waals surface area (Å²) in [5.74, 6) is 0.250. The van der Waals surface area contributed by atoms with Crippen LogP contribution in [0.25, 0.3) is 0 Å². The minimum Gasteiger partial charge on any atom is -0.484 e. The maximum Gasteiger partial charge on any atom is 0.261 e. The molecule has 0 radical (unpaired) electrons. The summed E-state index contributed by atoms with van der Waals surface area (Å²) >= 11 is 1.77. The average Bonchev–Trinajstić information content (AvgIpc) is 3.08. The van der Waals surface area contributed by atoms with Crippen molar-refractivity contribution in [3.63, 3.8) is 0 Å². The van der Waals surface area contributed by atoms with Crippen molar-refractivity contribution >= 4 is 23.2 Å². The van der Waals surface area contributed by atoms with Crippen molar-refractivity contribution in [3.05, 3.63) is 51.7 Å². The number of nitrogens with zero attached hydrogens (tertiary/aromatic N) is 1. The lowest BCUT2D eigenvalue weighted by molar-refractivity contribution is -0.136. The molecule has 3 rings (SSSR count). The SMILES string of the molecule is CCC1c2ccsc2CCN1C(=O)COc1ccc(CC(N)=O)cc1. The van der Waals surface area contributed by atoms with Crippen LogP contribution >= 0.6 is 11.3 Å². The summed E-state index contributed by atoms with van der Waals surface area (Å²) in [5.41, 5.74) is 7.29. The fourth-order valence-corrected chi connectivity index (χ4v) is 4.20. The summed E-state index contributed by atoms with van der Waals surface area (Å²) in [6.45, 7) is 2.87. The number of fused-ring (bicyclic) bond motifs is 1. The number of rotatable bonds is 6. The van der Waals surface area contributed by atoms with Crippen LogP contribution in [-0.2, 0) is 22.4 Å². The third kappa shape index (κ3) is 4.02. The number of thiophene rings is 1. The smallest absolute Gasteiger partial charge is 0.261 e. The van der Waals surface area contributed by atoms with Crippen molar-refractivity contribution in [1.29, 1.82) is 0 Å². The van der Waals surface area contributed by atoms with Crippen molar-refractivity contribution in [2.24, 2.45) is 5.73 Å². The van der Waals surface area contributed by atoms with Crippen LogP contribution in [0, 0.1) is 0 Å². The molecule has 1 aliphatic rings. The Kier molecular flexibility index (Phi) is 5.38. The quantitative estimate of drug-likeness (QED) is 0.863. The van der Waals surface area contributed by atoms with Crippen molar-refractivity contribution in [3.8, 4) is 5.75 Å². The van der Waals surface area contributed by atoms with Crippen molar-refractivity contribution in [2.75, 3.05) is 13.2 Å². The second-order valence-electron chi connectivity index (χ2n) is 6.14. The van der Waals surface area contributed by atoms with E-state index in [-0.39, 0.29) is 30.9 Å². The Hall–Kier alpha value is -2.34. The minimum absolute atomic E-state index is 0.00455. The largest absolute Gasteiger partial charge is 0.484 e. The molecule has 0 aliphatic carbocycles. The molecule has 2 aromatic rings. The lowest BCUT2D eigenvalue weighted by Gasteiger charge is -2.35. The number of ether oxygens (including phenoxy) is 1. The normalized spacial score (nSPS) is 16.4. The number of hydrogen-bond donors (Lipinski definition) is 1. The average molecular weight is 358 g/mol. The van der Waals surface area contributed by atoms with Crippen LogP contribution in [0.4, 0.5) is 0 Å². The zero-order chi connectivity index (χ0) is 17.8. The molecule has 0 spiro atoms. The first-order chi connectivity index (χ1) is 12.1. The van der Waals surface area contributed by atoms with E-state index in [4.69, 9.17) is 10.5 Å². The van der Waals surface area contributed by atoms with Crippen LogP contribution < -0.4 is 10.5 Å². The first-order valence-corrected chi connectivity index (χ1v) is 9.32. The zero-order valence-electron chi connectivity index (χ0n) is 14.2. The molecule has 0 fully saturated rings. The Labute approximate surface area is 151 Å². The molecule has 1 atom stereocenters. The molecular weight excluding hydrogens is 336 g/mol. The second-order valence-corrected chi connectivity index (χ2v) is 7.14. The fraction of sp³-hybridized carbons (Fsp3) is 0.368. The van der Waals surface area contributed by atoms with Crippen LogP contribution in [-0.4, -0.2) is 29.9 Å². The molecule has 2 amide bonds. The molecule has 2 heterocycles.